The highest BCUT2D eigenvalue weighted by Gasteiger charge is 2.24. The van der Waals surface area contributed by atoms with Crippen molar-refractivity contribution in [2.45, 2.75) is 11.8 Å². The van der Waals surface area contributed by atoms with Gasteiger partial charge in [-0.3, -0.25) is 0 Å². The average molecular weight is 413 g/mol. The Kier molecular flexibility index (Phi) is 4.61. The summed E-state index contributed by atoms with van der Waals surface area (Å²) in [7, 11) is -2.24. The summed E-state index contributed by atoms with van der Waals surface area (Å²) in [5.74, 6) is 0.712. The standard InChI is InChI=1S/C21H17ClN2O3S/c1-14-3-9-17(10-4-14)28(25,26)24-13-18(15-5-7-16(27-2)8-6-15)20-19(22)11-12-23-21(20)24/h3-13H,1-2H3. The van der Waals surface area contributed by atoms with Crippen LogP contribution in [0.15, 0.2) is 71.9 Å². The minimum absolute atomic E-state index is 0.193. The van der Waals surface area contributed by atoms with E-state index in [1.807, 2.05) is 31.2 Å². The number of benzene rings is 2. The molecule has 2 aromatic carbocycles. The monoisotopic (exact) mass is 412 g/mol. The summed E-state index contributed by atoms with van der Waals surface area (Å²) in [6.07, 6.45) is 3.07. The topological polar surface area (TPSA) is 61.2 Å². The van der Waals surface area contributed by atoms with Crippen molar-refractivity contribution in [2.75, 3.05) is 7.11 Å². The van der Waals surface area contributed by atoms with E-state index in [2.05, 4.69) is 4.98 Å². The molecule has 0 fully saturated rings. The molecule has 0 radical (unpaired) electrons. The Morgan fingerprint density at radius 2 is 1.68 bits per heavy atom. The molecule has 0 saturated heterocycles. The Morgan fingerprint density at radius 1 is 1.00 bits per heavy atom. The molecule has 0 saturated carbocycles. The fourth-order valence-corrected chi connectivity index (χ4v) is 4.64. The van der Waals surface area contributed by atoms with Crippen LogP contribution in [0.5, 0.6) is 5.75 Å². The normalized spacial score (nSPS) is 11.7. The van der Waals surface area contributed by atoms with Crippen LogP contribution in [0.3, 0.4) is 0 Å². The van der Waals surface area contributed by atoms with Crippen LogP contribution in [0.2, 0.25) is 5.02 Å². The molecular formula is C21H17ClN2O3S. The lowest BCUT2D eigenvalue weighted by Gasteiger charge is -2.07. The summed E-state index contributed by atoms with van der Waals surface area (Å²) < 4.78 is 32.9. The number of aryl methyl sites for hydroxylation is 1. The van der Waals surface area contributed by atoms with Crippen LogP contribution in [-0.4, -0.2) is 24.5 Å². The molecule has 4 aromatic rings. The van der Waals surface area contributed by atoms with Crippen molar-refractivity contribution >= 4 is 32.7 Å². The highest BCUT2D eigenvalue weighted by Crippen LogP contribution is 2.36. The number of hydrogen-bond donors (Lipinski definition) is 0. The molecule has 0 atom stereocenters. The van der Waals surface area contributed by atoms with Gasteiger partial charge in [0.15, 0.2) is 5.65 Å². The molecule has 0 N–H and O–H groups in total. The summed E-state index contributed by atoms with van der Waals surface area (Å²) >= 11 is 6.43. The fourth-order valence-electron chi connectivity index (χ4n) is 3.08. The Labute approximate surface area is 168 Å². The first-order valence-electron chi connectivity index (χ1n) is 8.54. The van der Waals surface area contributed by atoms with Gasteiger partial charge in [-0.1, -0.05) is 41.4 Å². The van der Waals surface area contributed by atoms with Gasteiger partial charge in [-0.15, -0.1) is 0 Å². The summed E-state index contributed by atoms with van der Waals surface area (Å²) in [5.41, 5.74) is 2.78. The molecule has 0 amide bonds. The molecule has 0 spiro atoms. The van der Waals surface area contributed by atoms with Crippen molar-refractivity contribution < 1.29 is 13.2 Å². The predicted octanol–water partition coefficient (Wildman–Crippen LogP) is 4.91. The number of hydrogen-bond acceptors (Lipinski definition) is 4. The number of nitrogens with zero attached hydrogens (tertiary/aromatic N) is 2. The molecule has 0 aliphatic rings. The van der Waals surface area contributed by atoms with E-state index in [9.17, 15) is 8.42 Å². The van der Waals surface area contributed by atoms with E-state index in [4.69, 9.17) is 16.3 Å². The molecule has 28 heavy (non-hydrogen) atoms. The van der Waals surface area contributed by atoms with Gasteiger partial charge in [-0.2, -0.15) is 0 Å². The Bertz CT molecular complexity index is 1260. The zero-order valence-electron chi connectivity index (χ0n) is 15.3. The smallest absolute Gasteiger partial charge is 0.269 e. The molecule has 0 bridgehead atoms. The van der Waals surface area contributed by atoms with Gasteiger partial charge in [0.2, 0.25) is 0 Å². The van der Waals surface area contributed by atoms with Crippen molar-refractivity contribution in [2.24, 2.45) is 0 Å². The summed E-state index contributed by atoms with van der Waals surface area (Å²) in [4.78, 5) is 4.50. The van der Waals surface area contributed by atoms with Crippen LogP contribution in [0, 0.1) is 6.92 Å². The molecular weight excluding hydrogens is 396 g/mol. The van der Waals surface area contributed by atoms with Gasteiger partial charge in [0, 0.05) is 23.3 Å². The maximum Gasteiger partial charge on any atom is 0.269 e. The largest absolute Gasteiger partial charge is 0.497 e. The number of pyridine rings is 1. The first kappa shape index (κ1) is 18.5. The molecule has 0 unspecified atom stereocenters. The zero-order valence-corrected chi connectivity index (χ0v) is 16.8. The van der Waals surface area contributed by atoms with Crippen molar-refractivity contribution in [3.05, 3.63) is 77.6 Å². The van der Waals surface area contributed by atoms with Crippen LogP contribution < -0.4 is 4.74 Å². The fraction of sp³-hybridized carbons (Fsp3) is 0.0952. The van der Waals surface area contributed by atoms with Crippen molar-refractivity contribution in [1.82, 2.24) is 8.96 Å². The van der Waals surface area contributed by atoms with Crippen molar-refractivity contribution in [3.8, 4) is 16.9 Å². The Balaban J connectivity index is 1.98. The highest BCUT2D eigenvalue weighted by molar-refractivity contribution is 7.90. The summed E-state index contributed by atoms with van der Waals surface area (Å²) in [5, 5.41) is 1.03. The third-order valence-electron chi connectivity index (χ3n) is 4.58. The van der Waals surface area contributed by atoms with Crippen molar-refractivity contribution in [1.29, 1.82) is 0 Å². The van der Waals surface area contributed by atoms with Gasteiger partial charge in [-0.05, 0) is 42.8 Å². The number of methoxy groups -OCH3 is 1. The number of halogens is 1. The van der Waals surface area contributed by atoms with E-state index < -0.39 is 10.0 Å². The molecule has 4 rings (SSSR count). The molecule has 142 valence electrons. The van der Waals surface area contributed by atoms with E-state index in [-0.39, 0.29) is 4.90 Å². The van der Waals surface area contributed by atoms with Gasteiger partial charge in [0.1, 0.15) is 5.75 Å². The van der Waals surface area contributed by atoms with Crippen LogP contribution in [0.1, 0.15) is 5.56 Å². The van der Waals surface area contributed by atoms with Crippen molar-refractivity contribution in [3.63, 3.8) is 0 Å². The van der Waals surface area contributed by atoms with Gasteiger partial charge < -0.3 is 4.74 Å². The maximum absolute atomic E-state index is 13.3. The molecule has 5 nitrogen and oxygen atoms in total. The van der Waals surface area contributed by atoms with Crippen LogP contribution in [-0.2, 0) is 10.0 Å². The molecule has 2 heterocycles. The SMILES string of the molecule is COc1ccc(-c2cn(S(=O)(=O)c3ccc(C)cc3)c3nccc(Cl)c23)cc1. The van der Waals surface area contributed by atoms with E-state index in [1.54, 1.807) is 43.6 Å². The number of fused-ring (bicyclic) bond motifs is 1. The zero-order chi connectivity index (χ0) is 19.9. The van der Waals surface area contributed by atoms with Crippen LogP contribution >= 0.6 is 11.6 Å². The van der Waals surface area contributed by atoms with E-state index in [1.165, 1.54) is 10.2 Å². The molecule has 0 aliphatic carbocycles. The Hall–Kier alpha value is -2.83. The van der Waals surface area contributed by atoms with E-state index in [0.717, 1.165) is 11.1 Å². The van der Waals surface area contributed by atoms with Gasteiger partial charge in [-0.25, -0.2) is 17.4 Å². The van der Waals surface area contributed by atoms with Gasteiger partial charge >= 0.3 is 0 Å². The third-order valence-corrected chi connectivity index (χ3v) is 6.56. The Morgan fingerprint density at radius 3 is 2.32 bits per heavy atom. The lowest BCUT2D eigenvalue weighted by Crippen LogP contribution is -2.12. The van der Waals surface area contributed by atoms with Crippen LogP contribution in [0.25, 0.3) is 22.2 Å². The minimum Gasteiger partial charge on any atom is -0.497 e. The average Bonchev–Trinajstić information content (AvgIpc) is 3.10. The number of aromatic nitrogens is 2. The van der Waals surface area contributed by atoms with Gasteiger partial charge in [0.05, 0.1) is 17.0 Å². The second kappa shape index (κ2) is 6.96. The van der Waals surface area contributed by atoms with Crippen LogP contribution in [0.4, 0.5) is 0 Å². The summed E-state index contributed by atoms with van der Waals surface area (Å²) in [6.45, 7) is 1.91. The second-order valence-corrected chi connectivity index (χ2v) is 8.60. The predicted molar refractivity (Wildman–Crippen MR) is 110 cm³/mol. The van der Waals surface area contributed by atoms with E-state index >= 15 is 0 Å². The minimum atomic E-state index is -3.83. The molecule has 7 heteroatoms. The first-order chi connectivity index (χ1) is 13.4. The lowest BCUT2D eigenvalue weighted by atomic mass is 10.1. The second-order valence-electron chi connectivity index (χ2n) is 6.38. The third kappa shape index (κ3) is 3.04. The highest BCUT2D eigenvalue weighted by atomic mass is 35.5. The molecule has 0 aliphatic heterocycles. The van der Waals surface area contributed by atoms with Gasteiger partial charge in [0.25, 0.3) is 10.0 Å². The maximum atomic E-state index is 13.3. The quantitative estimate of drug-likeness (QED) is 0.477. The number of rotatable bonds is 4. The lowest BCUT2D eigenvalue weighted by molar-refractivity contribution is 0.415. The summed E-state index contributed by atoms with van der Waals surface area (Å²) in [6, 6.07) is 15.7. The first-order valence-corrected chi connectivity index (χ1v) is 10.4. The molecule has 2 aromatic heterocycles. The number of ether oxygens (including phenoxy) is 1. The van der Waals surface area contributed by atoms with E-state index in [0.29, 0.717) is 27.4 Å².